The van der Waals surface area contributed by atoms with Crippen LogP contribution >= 0.6 is 45.8 Å². The number of phenols is 1. The number of fused-ring (bicyclic) bond motifs is 4. The molecule has 6 unspecified atom stereocenters. The lowest BCUT2D eigenvalue weighted by Crippen LogP contribution is -2.53. The molecule has 332 valence electrons. The first-order valence-corrected chi connectivity index (χ1v) is 20.9. The number of nitro benzene ring substituents is 2. The maximum Gasteiger partial charge on any atom is 0.417 e. The molecule has 2 saturated heterocycles. The van der Waals surface area contributed by atoms with Crippen LogP contribution in [0.2, 0.25) is 10.0 Å². The van der Waals surface area contributed by atoms with Crippen molar-refractivity contribution in [1.29, 1.82) is 0 Å². The van der Waals surface area contributed by atoms with Gasteiger partial charge in [-0.25, -0.2) is 9.88 Å². The number of ether oxygens (including phenoxy) is 1. The average molecular weight is 1040 g/mol. The number of pyridine rings is 1. The number of aromatic hydroxyl groups is 1. The number of hydrogen-bond acceptors (Lipinski definition) is 13. The Balaban J connectivity index is 1.33. The second-order valence-electron chi connectivity index (χ2n) is 15.7. The van der Waals surface area contributed by atoms with Gasteiger partial charge in [0.05, 0.1) is 60.0 Å². The number of anilines is 3. The SMILES string of the molecule is COc1cc(C2C3=CCC4C(=O)N(c5cc([N+](=O)[O-])c(N(C)C)c([N+](=O)[O-])c5)C(=O)C4C3CC3C(=O)N(Nc4ncc(C(F)(F)F)cc4Cl)C(=O)C32c2ccc(Cl)cc2)cc(I)c1O. The molecule has 64 heavy (non-hydrogen) atoms. The van der Waals surface area contributed by atoms with E-state index >= 15 is 9.59 Å². The van der Waals surface area contributed by atoms with Gasteiger partial charge < -0.3 is 14.7 Å². The lowest BCUT2D eigenvalue weighted by molar-refractivity contribution is -0.392. The number of phenolic OH excluding ortho intramolecular Hbond substituents is 1. The molecule has 1 aromatic heterocycles. The first-order valence-electron chi connectivity index (χ1n) is 19.0. The zero-order chi connectivity index (χ0) is 46.5. The Labute approximate surface area is 383 Å². The van der Waals surface area contributed by atoms with Crippen LogP contribution in [-0.2, 0) is 30.8 Å². The molecule has 0 radical (unpaired) electrons. The molecule has 3 fully saturated rings. The molecule has 8 rings (SSSR count). The summed E-state index contributed by atoms with van der Waals surface area (Å²) in [6.07, 6.45) is -3.06. The summed E-state index contributed by atoms with van der Waals surface area (Å²) < 4.78 is 46.5. The molecule has 4 aromatic rings. The largest absolute Gasteiger partial charge is 0.504 e. The number of imide groups is 2. The highest BCUT2D eigenvalue weighted by Gasteiger charge is 2.70. The van der Waals surface area contributed by atoms with E-state index < -0.39 is 108 Å². The Morgan fingerprint density at radius 1 is 0.969 bits per heavy atom. The number of methoxy groups -OCH3 is 1. The highest BCUT2D eigenvalue weighted by Crippen LogP contribution is 2.65. The zero-order valence-electron chi connectivity index (χ0n) is 33.2. The van der Waals surface area contributed by atoms with Gasteiger partial charge >= 0.3 is 17.6 Å². The number of benzene rings is 3. The topological polar surface area (TPSA) is 219 Å². The van der Waals surface area contributed by atoms with Gasteiger partial charge in [-0.05, 0) is 82.8 Å². The van der Waals surface area contributed by atoms with Crippen LogP contribution in [0.4, 0.5) is 41.7 Å². The minimum absolute atomic E-state index is 0.0174. The summed E-state index contributed by atoms with van der Waals surface area (Å²) >= 11 is 14.5. The summed E-state index contributed by atoms with van der Waals surface area (Å²) in [6.45, 7) is 0. The molecule has 2 aliphatic carbocycles. The van der Waals surface area contributed by atoms with Gasteiger partial charge in [0.15, 0.2) is 23.0 Å². The third-order valence-electron chi connectivity index (χ3n) is 12.3. The first kappa shape index (κ1) is 44.5. The molecule has 0 spiro atoms. The van der Waals surface area contributed by atoms with Crippen molar-refractivity contribution in [1.82, 2.24) is 9.99 Å². The van der Waals surface area contributed by atoms with Crippen LogP contribution in [0.15, 0.2) is 72.4 Å². The van der Waals surface area contributed by atoms with Crippen molar-refractivity contribution >= 4 is 98.0 Å². The van der Waals surface area contributed by atoms with E-state index in [-0.39, 0.29) is 44.2 Å². The number of nitrogens with zero attached hydrogens (tertiary/aromatic N) is 6. The molecule has 23 heteroatoms. The van der Waals surface area contributed by atoms with Crippen molar-refractivity contribution in [2.75, 3.05) is 36.4 Å². The Hall–Kier alpha value is -6.07. The van der Waals surface area contributed by atoms with Gasteiger partial charge in [-0.3, -0.25) is 44.8 Å². The highest BCUT2D eigenvalue weighted by molar-refractivity contribution is 14.1. The molecule has 0 bridgehead atoms. The van der Waals surface area contributed by atoms with E-state index in [1.807, 2.05) is 22.6 Å². The molecule has 3 heterocycles. The summed E-state index contributed by atoms with van der Waals surface area (Å²) in [5.41, 5.74) is -1.84. The predicted octanol–water partition coefficient (Wildman–Crippen LogP) is 7.80. The number of aromatic nitrogens is 1. The summed E-state index contributed by atoms with van der Waals surface area (Å²) in [6, 6.07) is 11.5. The minimum atomic E-state index is -4.83. The van der Waals surface area contributed by atoms with E-state index in [4.69, 9.17) is 27.9 Å². The van der Waals surface area contributed by atoms with E-state index in [1.54, 1.807) is 24.3 Å². The van der Waals surface area contributed by atoms with Crippen molar-refractivity contribution in [2.45, 2.75) is 30.4 Å². The number of halogens is 6. The summed E-state index contributed by atoms with van der Waals surface area (Å²) in [5.74, 6) is -10.2. The van der Waals surface area contributed by atoms with Gasteiger partial charge in [0.2, 0.25) is 11.8 Å². The van der Waals surface area contributed by atoms with Crippen molar-refractivity contribution in [3.8, 4) is 11.5 Å². The van der Waals surface area contributed by atoms with E-state index in [9.17, 15) is 48.1 Å². The Morgan fingerprint density at radius 2 is 1.61 bits per heavy atom. The number of alkyl halides is 3. The van der Waals surface area contributed by atoms with Gasteiger partial charge in [-0.15, -0.1) is 0 Å². The minimum Gasteiger partial charge on any atom is -0.504 e. The van der Waals surface area contributed by atoms with Crippen molar-refractivity contribution in [3.05, 3.63) is 123 Å². The lowest BCUT2D eigenvalue weighted by atomic mass is 9.49. The number of hydrazine groups is 1. The maximum absolute atomic E-state index is 15.5. The number of rotatable bonds is 9. The van der Waals surface area contributed by atoms with E-state index in [1.165, 1.54) is 39.4 Å². The summed E-state index contributed by atoms with van der Waals surface area (Å²) in [5, 5.41) is 35.8. The van der Waals surface area contributed by atoms with Crippen molar-refractivity contribution < 1.29 is 52.0 Å². The van der Waals surface area contributed by atoms with Crippen LogP contribution in [0.3, 0.4) is 0 Å². The molecule has 4 amide bonds. The van der Waals surface area contributed by atoms with E-state index in [0.717, 1.165) is 17.0 Å². The molecule has 2 aliphatic heterocycles. The number of carbonyl (C=O) groups is 4. The van der Waals surface area contributed by atoms with Crippen LogP contribution in [0, 0.1) is 47.5 Å². The summed E-state index contributed by atoms with van der Waals surface area (Å²) in [7, 11) is 4.02. The molecule has 4 aliphatic rings. The number of amides is 4. The van der Waals surface area contributed by atoms with Gasteiger partial charge in [0.25, 0.3) is 11.8 Å². The van der Waals surface area contributed by atoms with Gasteiger partial charge in [0.1, 0.15) is 0 Å². The van der Waals surface area contributed by atoms with Crippen molar-refractivity contribution in [3.63, 3.8) is 0 Å². The molecule has 3 aromatic carbocycles. The fraction of sp³-hybridized carbons (Fsp3) is 0.293. The lowest BCUT2D eigenvalue weighted by Gasteiger charge is -2.50. The van der Waals surface area contributed by atoms with Gasteiger partial charge in [0, 0.05) is 43.4 Å². The van der Waals surface area contributed by atoms with Gasteiger partial charge in [-0.1, -0.05) is 47.0 Å². The second kappa shape index (κ2) is 15.9. The Bertz CT molecular complexity index is 2740. The van der Waals surface area contributed by atoms with Crippen LogP contribution in [-0.4, -0.2) is 69.8 Å². The van der Waals surface area contributed by atoms with Gasteiger partial charge in [-0.2, -0.15) is 18.2 Å². The molecular formula is C41H31Cl2F3IN7O10. The normalized spacial score (nSPS) is 24.0. The number of hydrogen-bond donors (Lipinski definition) is 2. The maximum atomic E-state index is 15.5. The van der Waals surface area contributed by atoms with E-state index in [0.29, 0.717) is 33.3 Å². The average Bonchev–Trinajstić information content (AvgIpc) is 3.62. The number of carbonyl (C=O) groups excluding carboxylic acids is 4. The number of nitro groups is 2. The number of nitrogens with one attached hydrogen (secondary N) is 1. The molecule has 2 N–H and O–H groups in total. The third-order valence-corrected chi connectivity index (χ3v) is 13.7. The Morgan fingerprint density at radius 3 is 2.17 bits per heavy atom. The van der Waals surface area contributed by atoms with Crippen LogP contribution in [0.1, 0.15) is 35.4 Å². The van der Waals surface area contributed by atoms with E-state index in [2.05, 4.69) is 10.4 Å². The second-order valence-corrected chi connectivity index (χ2v) is 17.7. The third kappa shape index (κ3) is 6.77. The van der Waals surface area contributed by atoms with Crippen molar-refractivity contribution in [2.24, 2.45) is 23.7 Å². The fourth-order valence-electron chi connectivity index (χ4n) is 9.78. The standard InChI is InChI=1S/C41H31Cl2F3IN7O10/c1-50(2)33-28(53(60)61)13-21(14-29(33)54(62)63)51-36(56)23-9-8-22-24(31(23)38(51)58)15-25-37(57)52(49-35-26(43)12-19(16-48-35)41(44,45)46)39(59)40(25,18-4-6-20(42)7-5-18)32(22)17-10-27(47)34(55)30(11-17)64-3/h4-8,10-14,16,23-25,31-32,55H,9,15H2,1-3H3,(H,48,49). The molecule has 17 nitrogen and oxygen atoms in total. The van der Waals surface area contributed by atoms with Crippen LogP contribution in [0.5, 0.6) is 11.5 Å². The molecule has 6 atom stereocenters. The highest BCUT2D eigenvalue weighted by atomic mass is 127. The smallest absolute Gasteiger partial charge is 0.417 e. The Kier molecular flexibility index (Phi) is 11.0. The quantitative estimate of drug-likeness (QED) is 0.0538. The summed E-state index contributed by atoms with van der Waals surface area (Å²) in [4.78, 5) is 88.3. The number of allylic oxidation sites excluding steroid dienone is 2. The first-order chi connectivity index (χ1) is 30.1. The monoisotopic (exact) mass is 1040 g/mol. The fourth-order valence-corrected chi connectivity index (χ4v) is 10.7. The van der Waals surface area contributed by atoms with Crippen LogP contribution < -0.4 is 20.0 Å². The molecular weight excluding hydrogens is 1010 g/mol. The van der Waals surface area contributed by atoms with Crippen LogP contribution in [0.25, 0.3) is 0 Å². The zero-order valence-corrected chi connectivity index (χ0v) is 36.9. The molecule has 1 saturated carbocycles. The predicted molar refractivity (Wildman–Crippen MR) is 231 cm³/mol.